The maximum atomic E-state index is 12.9. The number of carboxylic acid groups (broad SMARTS) is 1. The Morgan fingerprint density at radius 2 is 1.76 bits per heavy atom. The molecule has 216 valence electrons. The lowest BCUT2D eigenvalue weighted by atomic mass is 9.92. The topological polar surface area (TPSA) is 98.3 Å². The predicted octanol–water partition coefficient (Wildman–Crippen LogP) is 6.34. The smallest absolute Gasteiger partial charge is 0.475 e. The number of rotatable bonds is 5. The first-order chi connectivity index (χ1) is 20.1. The molecular formula is C32H29F3N4O3. The highest BCUT2D eigenvalue weighted by Gasteiger charge is 2.65. The minimum absolute atomic E-state index is 0.128. The van der Waals surface area contributed by atoms with Gasteiger partial charge >= 0.3 is 12.1 Å². The molecule has 1 aliphatic carbocycles. The summed E-state index contributed by atoms with van der Waals surface area (Å²) in [6.45, 7) is 3.49. The van der Waals surface area contributed by atoms with Crippen LogP contribution in [-0.4, -0.2) is 51.3 Å². The molecule has 10 heteroatoms. The molecule has 1 amide bonds. The summed E-state index contributed by atoms with van der Waals surface area (Å²) in [7, 11) is 0. The van der Waals surface area contributed by atoms with E-state index in [-0.39, 0.29) is 11.8 Å². The van der Waals surface area contributed by atoms with Crippen molar-refractivity contribution in [3.05, 3.63) is 94.7 Å². The molecule has 3 N–H and O–H groups in total. The van der Waals surface area contributed by atoms with E-state index in [4.69, 9.17) is 9.90 Å². The average Bonchev–Trinajstić information content (AvgIpc) is 3.21. The monoisotopic (exact) mass is 574 g/mol. The lowest BCUT2D eigenvalue weighted by molar-refractivity contribution is -0.192. The molecule has 7 rings (SSSR count). The van der Waals surface area contributed by atoms with E-state index in [1.165, 1.54) is 42.6 Å². The Labute approximate surface area is 240 Å². The predicted molar refractivity (Wildman–Crippen MR) is 154 cm³/mol. The van der Waals surface area contributed by atoms with Crippen LogP contribution in [0.25, 0.3) is 23.1 Å². The summed E-state index contributed by atoms with van der Waals surface area (Å²) in [5.74, 6) is -2.42. The van der Waals surface area contributed by atoms with Gasteiger partial charge in [0.25, 0.3) is 0 Å². The van der Waals surface area contributed by atoms with Crippen molar-refractivity contribution in [3.8, 4) is 0 Å². The minimum Gasteiger partial charge on any atom is -0.475 e. The summed E-state index contributed by atoms with van der Waals surface area (Å²) in [5.41, 5.74) is 7.37. The van der Waals surface area contributed by atoms with Gasteiger partial charge in [0.1, 0.15) is 0 Å². The summed E-state index contributed by atoms with van der Waals surface area (Å²) in [6.07, 6.45) is 2.62. The van der Waals surface area contributed by atoms with Crippen molar-refractivity contribution in [2.45, 2.75) is 43.3 Å². The van der Waals surface area contributed by atoms with Crippen LogP contribution in [0.5, 0.6) is 0 Å². The summed E-state index contributed by atoms with van der Waals surface area (Å²) in [5, 5.41) is 19.1. The number of hydrogen-bond donors (Lipinski definition) is 3. The van der Waals surface area contributed by atoms with Gasteiger partial charge in [0.2, 0.25) is 5.91 Å². The zero-order valence-electron chi connectivity index (χ0n) is 22.6. The number of aromatic nitrogens is 2. The number of carbonyl (C=O) groups excluding carboxylic acids is 1. The molecule has 1 saturated carbocycles. The molecular weight excluding hydrogens is 545 g/mol. The summed E-state index contributed by atoms with van der Waals surface area (Å²) >= 11 is 0. The number of aromatic amines is 1. The molecule has 3 heterocycles. The number of halogens is 3. The second-order valence-electron chi connectivity index (χ2n) is 11.0. The number of alkyl halides is 3. The lowest BCUT2D eigenvalue weighted by Gasteiger charge is -2.14. The first-order valence-electron chi connectivity index (χ1n) is 13.8. The molecule has 0 radical (unpaired) electrons. The van der Waals surface area contributed by atoms with Gasteiger partial charge in [0.05, 0.1) is 16.6 Å². The molecule has 2 aliphatic heterocycles. The highest BCUT2D eigenvalue weighted by molar-refractivity contribution is 6.09. The number of likely N-dealkylation sites (tertiary alicyclic amines) is 1. The van der Waals surface area contributed by atoms with E-state index in [9.17, 15) is 18.0 Å². The lowest BCUT2D eigenvalue weighted by Crippen LogP contribution is -2.21. The van der Waals surface area contributed by atoms with Crippen molar-refractivity contribution in [1.29, 1.82) is 0 Å². The Morgan fingerprint density at radius 3 is 2.48 bits per heavy atom. The third-order valence-electron chi connectivity index (χ3n) is 8.30. The largest absolute Gasteiger partial charge is 0.490 e. The van der Waals surface area contributed by atoms with Crippen molar-refractivity contribution < 1.29 is 27.9 Å². The van der Waals surface area contributed by atoms with E-state index in [1.54, 1.807) is 0 Å². The van der Waals surface area contributed by atoms with Crippen LogP contribution >= 0.6 is 0 Å². The van der Waals surface area contributed by atoms with Crippen molar-refractivity contribution in [1.82, 2.24) is 15.1 Å². The second-order valence-corrected chi connectivity index (χ2v) is 11.0. The third kappa shape index (κ3) is 5.30. The van der Waals surface area contributed by atoms with Gasteiger partial charge in [-0.25, -0.2) is 4.79 Å². The molecule has 7 nitrogen and oxygen atoms in total. The van der Waals surface area contributed by atoms with Crippen LogP contribution < -0.4 is 5.32 Å². The quantitative estimate of drug-likeness (QED) is 0.259. The Hall–Kier alpha value is -4.44. The van der Waals surface area contributed by atoms with E-state index < -0.39 is 17.6 Å². The number of para-hydroxylation sites is 1. The molecule has 42 heavy (non-hydrogen) atoms. The van der Waals surface area contributed by atoms with Crippen LogP contribution in [0.2, 0.25) is 0 Å². The number of fused-ring (bicyclic) bond motifs is 3. The Bertz CT molecular complexity index is 1670. The molecule has 2 atom stereocenters. The van der Waals surface area contributed by atoms with Gasteiger partial charge < -0.3 is 10.4 Å². The zero-order valence-corrected chi connectivity index (χ0v) is 22.6. The van der Waals surface area contributed by atoms with Gasteiger partial charge in [-0.1, -0.05) is 60.7 Å². The fourth-order valence-corrected chi connectivity index (χ4v) is 6.06. The number of aliphatic carboxylic acids is 1. The van der Waals surface area contributed by atoms with Crippen LogP contribution in [0.4, 0.5) is 18.9 Å². The number of carbonyl (C=O) groups is 2. The minimum atomic E-state index is -5.08. The summed E-state index contributed by atoms with van der Waals surface area (Å²) in [4.78, 5) is 24.3. The van der Waals surface area contributed by atoms with Crippen LogP contribution in [0.1, 0.15) is 53.1 Å². The molecule has 4 aromatic rings. The maximum Gasteiger partial charge on any atom is 0.490 e. The van der Waals surface area contributed by atoms with Gasteiger partial charge in [0, 0.05) is 23.5 Å². The molecule has 0 unspecified atom stereocenters. The number of anilines is 1. The standard InChI is InChI=1S/C30H28N4O.C2HF3O2/c35-29-30(24-5-1-2-6-27(24)31-29)18-25(30)22-12-13-23-26(32-33-28(23)17-22)14-11-20-7-9-21(10-8-20)19-34-15-3-4-16-34;3-2(4,5)1(6)7/h1-2,5-14,17,25H,3-4,15-16,18-19H2,(H,31,35)(H,32,33);(H,6,7)/b14-11+;/t25-,30-;/m0./s1. The maximum absolute atomic E-state index is 12.9. The SMILES string of the molecule is O=C(O)C(F)(F)F.O=C1Nc2ccccc2[C@]12C[C@H]2c1ccc2c(/C=C/c3ccc(CN4CCCC4)cc3)n[nH]c2c1. The van der Waals surface area contributed by atoms with Crippen LogP contribution in [0.15, 0.2) is 66.7 Å². The second kappa shape index (κ2) is 10.8. The number of amides is 1. The highest BCUT2D eigenvalue weighted by Crippen LogP contribution is 2.65. The Kier molecular flexibility index (Phi) is 7.10. The molecule has 2 fully saturated rings. The number of H-pyrrole nitrogens is 1. The van der Waals surface area contributed by atoms with Crippen molar-refractivity contribution in [2.75, 3.05) is 18.4 Å². The first-order valence-corrected chi connectivity index (χ1v) is 13.8. The summed E-state index contributed by atoms with van der Waals surface area (Å²) in [6, 6.07) is 23.4. The normalized spacial score (nSPS) is 21.4. The Balaban J connectivity index is 0.000000405. The number of hydrogen-bond acceptors (Lipinski definition) is 4. The Morgan fingerprint density at radius 1 is 1.05 bits per heavy atom. The van der Waals surface area contributed by atoms with Crippen LogP contribution in [0, 0.1) is 0 Å². The number of nitrogens with zero attached hydrogens (tertiary/aromatic N) is 2. The van der Waals surface area contributed by atoms with Gasteiger partial charge in [-0.2, -0.15) is 18.3 Å². The first kappa shape index (κ1) is 27.7. The summed E-state index contributed by atoms with van der Waals surface area (Å²) < 4.78 is 31.7. The molecule has 1 saturated heterocycles. The fourth-order valence-electron chi connectivity index (χ4n) is 6.06. The van der Waals surface area contributed by atoms with Gasteiger partial charge in [-0.05, 0) is 72.8 Å². The van der Waals surface area contributed by atoms with Crippen molar-refractivity contribution in [2.24, 2.45) is 0 Å². The third-order valence-corrected chi connectivity index (χ3v) is 8.30. The molecule has 3 aromatic carbocycles. The number of nitrogens with one attached hydrogen (secondary N) is 2. The van der Waals surface area contributed by atoms with Gasteiger partial charge in [-0.15, -0.1) is 0 Å². The molecule has 1 aromatic heterocycles. The van der Waals surface area contributed by atoms with Gasteiger partial charge in [-0.3, -0.25) is 14.8 Å². The zero-order chi connectivity index (χ0) is 29.5. The van der Waals surface area contributed by atoms with E-state index in [2.05, 4.69) is 81.1 Å². The van der Waals surface area contributed by atoms with Crippen LogP contribution in [0.3, 0.4) is 0 Å². The van der Waals surface area contributed by atoms with Crippen molar-refractivity contribution >= 4 is 40.6 Å². The van der Waals surface area contributed by atoms with E-state index in [1.807, 2.05) is 18.2 Å². The number of benzene rings is 3. The van der Waals surface area contributed by atoms with Crippen molar-refractivity contribution in [3.63, 3.8) is 0 Å². The molecule has 1 spiro atoms. The molecule has 0 bridgehead atoms. The highest BCUT2D eigenvalue weighted by atomic mass is 19.4. The fraction of sp³-hybridized carbons (Fsp3) is 0.281. The molecule has 3 aliphatic rings. The van der Waals surface area contributed by atoms with E-state index in [0.717, 1.165) is 40.8 Å². The van der Waals surface area contributed by atoms with Gasteiger partial charge in [0.15, 0.2) is 0 Å². The van der Waals surface area contributed by atoms with Crippen LogP contribution in [-0.2, 0) is 21.5 Å². The average molecular weight is 575 g/mol. The van der Waals surface area contributed by atoms with E-state index >= 15 is 0 Å². The van der Waals surface area contributed by atoms with E-state index in [0.29, 0.717) is 0 Å². The number of carboxylic acids is 1.